The van der Waals surface area contributed by atoms with E-state index in [9.17, 15) is 0 Å². The highest BCUT2D eigenvalue weighted by atomic mass is 35.5. The van der Waals surface area contributed by atoms with Crippen LogP contribution in [-0.4, -0.2) is 40.9 Å². The molecule has 1 saturated heterocycles. The summed E-state index contributed by atoms with van der Waals surface area (Å²) < 4.78 is 2.02. The number of aromatic nitrogens is 2. The summed E-state index contributed by atoms with van der Waals surface area (Å²) in [5, 5.41) is 8.46. The Labute approximate surface area is 102 Å². The predicted molar refractivity (Wildman–Crippen MR) is 65.8 cm³/mol. The van der Waals surface area contributed by atoms with Crippen LogP contribution in [0.1, 0.15) is 25.6 Å². The van der Waals surface area contributed by atoms with Gasteiger partial charge >= 0.3 is 0 Å². The molecule has 90 valence electrons. The van der Waals surface area contributed by atoms with Crippen LogP contribution in [0, 0.1) is 0 Å². The Morgan fingerprint density at radius 1 is 1.44 bits per heavy atom. The summed E-state index contributed by atoms with van der Waals surface area (Å²) in [5.74, 6) is 0. The van der Waals surface area contributed by atoms with Gasteiger partial charge in [-0.25, -0.2) is 0 Å². The Morgan fingerprint density at radius 2 is 2.12 bits per heavy atom. The smallest absolute Gasteiger partial charge is 0.0831 e. The lowest BCUT2D eigenvalue weighted by Gasteiger charge is -2.27. The highest BCUT2D eigenvalue weighted by Gasteiger charge is 2.16. The first kappa shape index (κ1) is 11.9. The molecule has 2 rings (SSSR count). The molecule has 0 unspecified atom stereocenters. The third-order valence-corrected chi connectivity index (χ3v) is 3.24. The molecule has 1 aromatic heterocycles. The lowest BCUT2D eigenvalue weighted by atomic mass is 10.3. The molecule has 1 aliphatic heterocycles. The van der Waals surface area contributed by atoms with Crippen LogP contribution in [0.25, 0.3) is 0 Å². The summed E-state index contributed by atoms with van der Waals surface area (Å²) in [6.45, 7) is 9.45. The molecule has 0 atom stereocenters. The molecule has 0 amide bonds. The SMILES string of the molecule is CC(C)n1ncc(Cl)c1CN1CCNCC1. The quantitative estimate of drug-likeness (QED) is 0.873. The minimum Gasteiger partial charge on any atom is -0.314 e. The standard InChI is InChI=1S/C11H19ClN4/c1-9(2)16-11(10(12)7-14-16)8-15-5-3-13-4-6-15/h7,9,13H,3-6,8H2,1-2H3. The average molecular weight is 243 g/mol. The van der Waals surface area contributed by atoms with Gasteiger partial charge in [0.1, 0.15) is 0 Å². The minimum absolute atomic E-state index is 0.366. The van der Waals surface area contributed by atoms with Crippen LogP contribution < -0.4 is 5.32 Å². The van der Waals surface area contributed by atoms with E-state index in [-0.39, 0.29) is 0 Å². The summed E-state index contributed by atoms with van der Waals surface area (Å²) in [6, 6.07) is 0.366. The van der Waals surface area contributed by atoms with Crippen LogP contribution in [-0.2, 0) is 6.54 Å². The van der Waals surface area contributed by atoms with Crippen molar-refractivity contribution >= 4 is 11.6 Å². The number of nitrogens with zero attached hydrogens (tertiary/aromatic N) is 3. The molecule has 16 heavy (non-hydrogen) atoms. The van der Waals surface area contributed by atoms with Crippen molar-refractivity contribution in [3.63, 3.8) is 0 Å². The fourth-order valence-corrected chi connectivity index (χ4v) is 2.23. The fourth-order valence-electron chi connectivity index (χ4n) is 2.04. The molecule has 0 radical (unpaired) electrons. The van der Waals surface area contributed by atoms with Crippen molar-refractivity contribution in [1.82, 2.24) is 20.0 Å². The molecule has 5 heteroatoms. The Morgan fingerprint density at radius 3 is 2.75 bits per heavy atom. The maximum Gasteiger partial charge on any atom is 0.0831 e. The largest absolute Gasteiger partial charge is 0.314 e. The van der Waals surface area contributed by atoms with Crippen molar-refractivity contribution in [2.75, 3.05) is 26.2 Å². The normalized spacial score (nSPS) is 18.2. The molecule has 0 aromatic carbocycles. The first-order valence-electron chi connectivity index (χ1n) is 5.83. The zero-order valence-electron chi connectivity index (χ0n) is 9.91. The van der Waals surface area contributed by atoms with Gasteiger partial charge in [-0.05, 0) is 13.8 Å². The zero-order chi connectivity index (χ0) is 11.5. The van der Waals surface area contributed by atoms with Gasteiger partial charge in [0, 0.05) is 38.8 Å². The number of halogens is 1. The maximum atomic E-state index is 6.18. The van der Waals surface area contributed by atoms with Crippen molar-refractivity contribution in [1.29, 1.82) is 0 Å². The lowest BCUT2D eigenvalue weighted by Crippen LogP contribution is -2.43. The van der Waals surface area contributed by atoms with Crippen LogP contribution in [0.5, 0.6) is 0 Å². The summed E-state index contributed by atoms with van der Waals surface area (Å²) in [5.41, 5.74) is 1.14. The molecule has 0 spiro atoms. The van der Waals surface area contributed by atoms with Gasteiger partial charge in [0.25, 0.3) is 0 Å². The van der Waals surface area contributed by atoms with Crippen molar-refractivity contribution in [3.8, 4) is 0 Å². The third kappa shape index (κ3) is 2.56. The van der Waals surface area contributed by atoms with Crippen LogP contribution in [0.4, 0.5) is 0 Å². The molecular formula is C11H19ClN4. The Hall–Kier alpha value is -0.580. The summed E-state index contributed by atoms with van der Waals surface area (Å²) in [7, 11) is 0. The number of nitrogens with one attached hydrogen (secondary N) is 1. The van der Waals surface area contributed by atoms with Crippen LogP contribution in [0.15, 0.2) is 6.20 Å². The molecule has 1 fully saturated rings. The topological polar surface area (TPSA) is 33.1 Å². The minimum atomic E-state index is 0.366. The Bertz CT molecular complexity index is 342. The monoisotopic (exact) mass is 242 g/mol. The number of hydrogen-bond acceptors (Lipinski definition) is 3. The van der Waals surface area contributed by atoms with E-state index in [1.54, 1.807) is 6.20 Å². The van der Waals surface area contributed by atoms with Gasteiger partial charge in [-0.15, -0.1) is 0 Å². The molecular weight excluding hydrogens is 224 g/mol. The van der Waals surface area contributed by atoms with Gasteiger partial charge in [0.15, 0.2) is 0 Å². The predicted octanol–water partition coefficient (Wildman–Crippen LogP) is 1.52. The maximum absolute atomic E-state index is 6.18. The Balaban J connectivity index is 2.09. The molecule has 0 saturated carbocycles. The van der Waals surface area contributed by atoms with Gasteiger partial charge in [0.05, 0.1) is 16.9 Å². The number of rotatable bonds is 3. The van der Waals surface area contributed by atoms with E-state index in [2.05, 4.69) is 29.2 Å². The van der Waals surface area contributed by atoms with Crippen molar-refractivity contribution < 1.29 is 0 Å². The van der Waals surface area contributed by atoms with Gasteiger partial charge in [0.2, 0.25) is 0 Å². The number of piperazine rings is 1. The van der Waals surface area contributed by atoms with Gasteiger partial charge in [-0.1, -0.05) is 11.6 Å². The molecule has 4 nitrogen and oxygen atoms in total. The lowest BCUT2D eigenvalue weighted by molar-refractivity contribution is 0.225. The third-order valence-electron chi connectivity index (χ3n) is 2.92. The van der Waals surface area contributed by atoms with Crippen LogP contribution in [0.3, 0.4) is 0 Å². The van der Waals surface area contributed by atoms with Crippen molar-refractivity contribution in [2.24, 2.45) is 0 Å². The highest BCUT2D eigenvalue weighted by molar-refractivity contribution is 6.31. The Kier molecular flexibility index (Phi) is 3.84. The van der Waals surface area contributed by atoms with E-state index in [1.165, 1.54) is 0 Å². The van der Waals surface area contributed by atoms with E-state index in [0.717, 1.165) is 43.4 Å². The molecule has 0 bridgehead atoms. The molecule has 0 aliphatic carbocycles. The van der Waals surface area contributed by atoms with E-state index >= 15 is 0 Å². The second-order valence-corrected chi connectivity index (χ2v) is 4.91. The number of hydrogen-bond donors (Lipinski definition) is 1. The zero-order valence-corrected chi connectivity index (χ0v) is 10.7. The first-order chi connectivity index (χ1) is 7.68. The van der Waals surface area contributed by atoms with Gasteiger partial charge < -0.3 is 5.32 Å². The molecule has 2 heterocycles. The second kappa shape index (κ2) is 5.17. The first-order valence-corrected chi connectivity index (χ1v) is 6.21. The van der Waals surface area contributed by atoms with E-state index in [0.29, 0.717) is 6.04 Å². The van der Waals surface area contributed by atoms with Crippen LogP contribution in [0.2, 0.25) is 5.02 Å². The summed E-state index contributed by atoms with van der Waals surface area (Å²) >= 11 is 6.18. The molecule has 1 aliphatic rings. The van der Waals surface area contributed by atoms with E-state index in [1.807, 2.05) is 4.68 Å². The van der Waals surface area contributed by atoms with E-state index < -0.39 is 0 Å². The summed E-state index contributed by atoms with van der Waals surface area (Å²) in [4.78, 5) is 2.41. The van der Waals surface area contributed by atoms with Gasteiger partial charge in [-0.3, -0.25) is 9.58 Å². The average Bonchev–Trinajstić information content (AvgIpc) is 2.62. The van der Waals surface area contributed by atoms with Gasteiger partial charge in [-0.2, -0.15) is 5.10 Å². The molecule has 1 aromatic rings. The fraction of sp³-hybridized carbons (Fsp3) is 0.727. The second-order valence-electron chi connectivity index (χ2n) is 4.50. The van der Waals surface area contributed by atoms with Crippen molar-refractivity contribution in [3.05, 3.63) is 16.9 Å². The van der Waals surface area contributed by atoms with Crippen LogP contribution >= 0.6 is 11.6 Å². The molecule has 1 N–H and O–H groups in total. The summed E-state index contributed by atoms with van der Waals surface area (Å²) in [6.07, 6.45) is 1.75. The van der Waals surface area contributed by atoms with Crippen molar-refractivity contribution in [2.45, 2.75) is 26.4 Å². The van der Waals surface area contributed by atoms with E-state index in [4.69, 9.17) is 11.6 Å². The highest BCUT2D eigenvalue weighted by Crippen LogP contribution is 2.20.